The second kappa shape index (κ2) is 4.84. The number of hydrogen-bond donors (Lipinski definition) is 0. The highest BCUT2D eigenvalue weighted by molar-refractivity contribution is 7.18. The monoisotopic (exact) mass is 315 g/mol. The summed E-state index contributed by atoms with van der Waals surface area (Å²) in [6.07, 6.45) is 7.35. The van der Waals surface area contributed by atoms with E-state index >= 15 is 0 Å². The molecule has 3 aromatic heterocycles. The Morgan fingerprint density at radius 1 is 1.45 bits per heavy atom. The van der Waals surface area contributed by atoms with Gasteiger partial charge in [-0.1, -0.05) is 6.92 Å². The molecule has 3 aromatic rings. The van der Waals surface area contributed by atoms with Crippen LogP contribution in [-0.2, 0) is 12.8 Å². The van der Waals surface area contributed by atoms with Crippen LogP contribution in [0.15, 0.2) is 18.7 Å². The molecule has 1 unspecified atom stereocenters. The van der Waals surface area contributed by atoms with E-state index in [2.05, 4.69) is 22.0 Å². The van der Waals surface area contributed by atoms with Gasteiger partial charge in [-0.15, -0.1) is 11.3 Å². The average Bonchev–Trinajstić information content (AvgIpc) is 3.10. The van der Waals surface area contributed by atoms with Crippen LogP contribution in [0.4, 0.5) is 5.69 Å². The zero-order valence-electron chi connectivity index (χ0n) is 11.9. The molecule has 7 nitrogen and oxygen atoms in total. The maximum absolute atomic E-state index is 10.8. The van der Waals surface area contributed by atoms with Gasteiger partial charge in [0.25, 0.3) is 0 Å². The van der Waals surface area contributed by atoms with Crippen molar-refractivity contribution in [1.29, 1.82) is 0 Å². The Morgan fingerprint density at radius 2 is 2.32 bits per heavy atom. The van der Waals surface area contributed by atoms with Gasteiger partial charge in [0.15, 0.2) is 5.82 Å². The van der Waals surface area contributed by atoms with Crippen LogP contribution in [0.3, 0.4) is 0 Å². The fourth-order valence-corrected chi connectivity index (χ4v) is 4.30. The van der Waals surface area contributed by atoms with Crippen molar-refractivity contribution in [1.82, 2.24) is 19.7 Å². The normalized spacial score (nSPS) is 17.6. The maximum Gasteiger partial charge on any atom is 0.307 e. The summed E-state index contributed by atoms with van der Waals surface area (Å²) in [4.78, 5) is 21.4. The van der Waals surface area contributed by atoms with E-state index in [0.29, 0.717) is 11.7 Å². The van der Waals surface area contributed by atoms with E-state index in [1.54, 1.807) is 11.3 Å². The summed E-state index contributed by atoms with van der Waals surface area (Å²) in [5.41, 5.74) is 1.25. The smallest absolute Gasteiger partial charge is 0.258 e. The number of rotatable bonds is 2. The molecule has 8 heteroatoms. The summed E-state index contributed by atoms with van der Waals surface area (Å²) in [6.45, 7) is 2.26. The Bertz CT molecular complexity index is 885. The first-order valence-electron chi connectivity index (χ1n) is 7.08. The lowest BCUT2D eigenvalue weighted by atomic mass is 9.89. The molecule has 0 N–H and O–H groups in total. The number of nitrogens with zero attached hydrogens (tertiary/aromatic N) is 5. The van der Waals surface area contributed by atoms with E-state index in [1.165, 1.54) is 33.8 Å². The third-order valence-corrected chi connectivity index (χ3v) is 5.23. The molecule has 0 amide bonds. The van der Waals surface area contributed by atoms with Crippen LogP contribution < -0.4 is 0 Å². The SMILES string of the molecule is CC1CCc2c(sc3ncnc(-n4cc([N+](=O)[O-])cn4)c23)C1. The first kappa shape index (κ1) is 13.3. The minimum atomic E-state index is -0.452. The van der Waals surface area contributed by atoms with Crippen molar-refractivity contribution < 1.29 is 4.92 Å². The van der Waals surface area contributed by atoms with E-state index < -0.39 is 4.92 Å². The minimum absolute atomic E-state index is 0.0375. The van der Waals surface area contributed by atoms with Gasteiger partial charge in [0.05, 0.1) is 10.3 Å². The molecular formula is C14H13N5O2S. The number of aryl methyl sites for hydroxylation is 1. The lowest BCUT2D eigenvalue weighted by Crippen LogP contribution is -2.09. The van der Waals surface area contributed by atoms with Gasteiger partial charge in [-0.2, -0.15) is 5.10 Å². The third kappa shape index (κ3) is 1.98. The minimum Gasteiger partial charge on any atom is -0.258 e. The van der Waals surface area contributed by atoms with Gasteiger partial charge in [0.1, 0.15) is 23.6 Å². The Labute approximate surface area is 129 Å². The number of fused-ring (bicyclic) bond motifs is 3. The first-order valence-corrected chi connectivity index (χ1v) is 7.90. The van der Waals surface area contributed by atoms with Crippen molar-refractivity contribution in [2.75, 3.05) is 0 Å². The molecule has 4 rings (SSSR count). The lowest BCUT2D eigenvalue weighted by Gasteiger charge is -2.18. The molecule has 0 spiro atoms. The summed E-state index contributed by atoms with van der Waals surface area (Å²) in [5.74, 6) is 1.31. The fourth-order valence-electron chi connectivity index (χ4n) is 2.96. The van der Waals surface area contributed by atoms with Crippen LogP contribution in [0.25, 0.3) is 16.0 Å². The van der Waals surface area contributed by atoms with Gasteiger partial charge >= 0.3 is 5.69 Å². The predicted octanol–water partition coefficient (Wildman–Crippen LogP) is 2.91. The summed E-state index contributed by atoms with van der Waals surface area (Å²) in [6, 6.07) is 0. The highest BCUT2D eigenvalue weighted by atomic mass is 32.1. The topological polar surface area (TPSA) is 86.7 Å². The Morgan fingerprint density at radius 3 is 3.09 bits per heavy atom. The molecular weight excluding hydrogens is 302 g/mol. The molecule has 0 bridgehead atoms. The highest BCUT2D eigenvalue weighted by Crippen LogP contribution is 2.39. The molecule has 1 aliphatic rings. The molecule has 22 heavy (non-hydrogen) atoms. The van der Waals surface area contributed by atoms with Gasteiger partial charge in [0.2, 0.25) is 0 Å². The molecule has 112 valence electrons. The summed E-state index contributed by atoms with van der Waals surface area (Å²) in [7, 11) is 0. The molecule has 0 radical (unpaired) electrons. The van der Waals surface area contributed by atoms with Crippen LogP contribution in [-0.4, -0.2) is 24.7 Å². The Kier molecular flexibility index (Phi) is 2.93. The molecule has 1 atom stereocenters. The largest absolute Gasteiger partial charge is 0.307 e. The number of aromatic nitrogens is 4. The summed E-state index contributed by atoms with van der Waals surface area (Å²) < 4.78 is 1.48. The number of hydrogen-bond acceptors (Lipinski definition) is 6. The number of thiophene rings is 1. The third-order valence-electron chi connectivity index (χ3n) is 4.07. The number of nitro groups is 1. The summed E-state index contributed by atoms with van der Waals surface area (Å²) in [5, 5.41) is 15.9. The van der Waals surface area contributed by atoms with Gasteiger partial charge in [-0.3, -0.25) is 10.1 Å². The molecule has 3 heterocycles. The second-order valence-electron chi connectivity index (χ2n) is 5.63. The zero-order chi connectivity index (χ0) is 15.3. The lowest BCUT2D eigenvalue weighted by molar-refractivity contribution is -0.384. The highest BCUT2D eigenvalue weighted by Gasteiger charge is 2.24. The van der Waals surface area contributed by atoms with E-state index in [4.69, 9.17) is 0 Å². The molecule has 0 saturated heterocycles. The van der Waals surface area contributed by atoms with E-state index in [9.17, 15) is 10.1 Å². The molecule has 0 fully saturated rings. The van der Waals surface area contributed by atoms with Gasteiger partial charge in [-0.25, -0.2) is 14.6 Å². The Balaban J connectivity index is 1.92. The maximum atomic E-state index is 10.8. The molecule has 0 aromatic carbocycles. The van der Waals surface area contributed by atoms with Crippen LogP contribution in [0.2, 0.25) is 0 Å². The van der Waals surface area contributed by atoms with Crippen LogP contribution in [0.5, 0.6) is 0 Å². The first-order chi connectivity index (χ1) is 10.6. The van der Waals surface area contributed by atoms with Gasteiger partial charge < -0.3 is 0 Å². The fraction of sp³-hybridized carbons (Fsp3) is 0.357. The van der Waals surface area contributed by atoms with Crippen molar-refractivity contribution in [3.05, 3.63) is 39.3 Å². The quantitative estimate of drug-likeness (QED) is 0.536. The van der Waals surface area contributed by atoms with Crippen LogP contribution in [0.1, 0.15) is 23.8 Å². The predicted molar refractivity (Wildman–Crippen MR) is 82.4 cm³/mol. The van der Waals surface area contributed by atoms with E-state index in [0.717, 1.165) is 29.5 Å². The van der Waals surface area contributed by atoms with Crippen LogP contribution in [0, 0.1) is 16.0 Å². The standard InChI is InChI=1S/C14H13N5O2S/c1-8-2-3-10-11(4-8)22-14-12(10)13(15-7-16-14)18-6-9(5-17-18)19(20)21/h5-8H,2-4H2,1H3. The van der Waals surface area contributed by atoms with Crippen LogP contribution >= 0.6 is 11.3 Å². The summed E-state index contributed by atoms with van der Waals surface area (Å²) >= 11 is 1.70. The van der Waals surface area contributed by atoms with E-state index in [-0.39, 0.29) is 5.69 Å². The van der Waals surface area contributed by atoms with Crippen molar-refractivity contribution in [2.45, 2.75) is 26.2 Å². The van der Waals surface area contributed by atoms with E-state index in [1.807, 2.05) is 0 Å². The molecule has 1 aliphatic carbocycles. The Hall–Kier alpha value is -2.35. The van der Waals surface area contributed by atoms with Crippen molar-refractivity contribution in [3.63, 3.8) is 0 Å². The van der Waals surface area contributed by atoms with Crippen molar-refractivity contribution in [2.24, 2.45) is 5.92 Å². The average molecular weight is 315 g/mol. The van der Waals surface area contributed by atoms with Gasteiger partial charge in [0, 0.05) is 4.88 Å². The molecule has 0 saturated carbocycles. The van der Waals surface area contributed by atoms with Crippen molar-refractivity contribution >= 4 is 27.2 Å². The van der Waals surface area contributed by atoms with Crippen molar-refractivity contribution in [3.8, 4) is 5.82 Å². The van der Waals surface area contributed by atoms with Gasteiger partial charge in [-0.05, 0) is 30.7 Å². The molecule has 0 aliphatic heterocycles. The zero-order valence-corrected chi connectivity index (χ0v) is 12.7. The second-order valence-corrected chi connectivity index (χ2v) is 6.71.